The van der Waals surface area contributed by atoms with Crippen molar-refractivity contribution in [3.05, 3.63) is 45.6 Å². The van der Waals surface area contributed by atoms with Gasteiger partial charge in [-0.1, -0.05) is 6.07 Å². The van der Waals surface area contributed by atoms with Crippen LogP contribution >= 0.6 is 11.8 Å². The first-order chi connectivity index (χ1) is 19.8. The lowest BCUT2D eigenvalue weighted by atomic mass is 9.95. The van der Waals surface area contributed by atoms with Crippen molar-refractivity contribution in [1.82, 2.24) is 10.6 Å². The van der Waals surface area contributed by atoms with Crippen LogP contribution in [0.3, 0.4) is 0 Å². The van der Waals surface area contributed by atoms with Crippen LogP contribution in [-0.4, -0.2) is 71.5 Å². The monoisotopic (exact) mass is 587 g/mol. The summed E-state index contributed by atoms with van der Waals surface area (Å²) < 4.78 is 22.1. The Morgan fingerprint density at radius 3 is 2.46 bits per heavy atom. The zero-order valence-corrected chi connectivity index (χ0v) is 25.5. The predicted molar refractivity (Wildman–Crippen MR) is 163 cm³/mol. The number of methoxy groups -OCH3 is 4. The van der Waals surface area contributed by atoms with Gasteiger partial charge in [-0.15, -0.1) is 0 Å². The van der Waals surface area contributed by atoms with Crippen molar-refractivity contribution in [2.45, 2.75) is 44.7 Å². The molecular formula is C30H41N3O7S. The summed E-state index contributed by atoms with van der Waals surface area (Å²) >= 11 is 1.63. The summed E-state index contributed by atoms with van der Waals surface area (Å²) in [5.74, 6) is 1.81. The van der Waals surface area contributed by atoms with E-state index < -0.39 is 12.1 Å². The zero-order valence-electron chi connectivity index (χ0n) is 24.7. The molecule has 0 radical (unpaired) electrons. The highest BCUT2D eigenvalue weighted by Gasteiger charge is 2.29. The highest BCUT2D eigenvalue weighted by Crippen LogP contribution is 2.50. The number of fused-ring (bicyclic) bond motifs is 3. The van der Waals surface area contributed by atoms with Gasteiger partial charge in [-0.2, -0.15) is 11.8 Å². The van der Waals surface area contributed by atoms with Crippen molar-refractivity contribution in [2.75, 3.05) is 58.9 Å². The van der Waals surface area contributed by atoms with Gasteiger partial charge in [0.15, 0.2) is 11.5 Å². The standard InChI is InChI=1S/C30H41N3O7S/c1-18(34)32-22-10-8-19-16-26(38-3)28(39-4)29(40-5)27(19)20-9-11-23(25(35)17-21(20)22)33-24(12-15-41-6)30(36)31-13-7-14-37-2/h9,11,16-17,22,24H,7-8,10,12-15H2,1-6H3,(H,31,36)(H,32,34)(H,33,35)/t22-,24-/m1/s1. The van der Waals surface area contributed by atoms with E-state index in [1.54, 1.807) is 52.3 Å². The molecule has 0 saturated carbocycles. The number of anilines is 1. The van der Waals surface area contributed by atoms with E-state index in [0.717, 1.165) is 22.4 Å². The van der Waals surface area contributed by atoms with Crippen molar-refractivity contribution in [1.29, 1.82) is 0 Å². The fourth-order valence-corrected chi connectivity index (χ4v) is 5.54. The molecule has 0 unspecified atom stereocenters. The molecule has 0 bridgehead atoms. The third-order valence-corrected chi connectivity index (χ3v) is 7.64. The second-order valence-corrected chi connectivity index (χ2v) is 10.7. The molecule has 2 aromatic rings. The Balaban J connectivity index is 2.15. The van der Waals surface area contributed by atoms with E-state index in [9.17, 15) is 14.4 Å². The Labute approximate surface area is 245 Å². The number of hydrogen-bond acceptors (Lipinski definition) is 9. The van der Waals surface area contributed by atoms with E-state index in [2.05, 4.69) is 16.0 Å². The van der Waals surface area contributed by atoms with Gasteiger partial charge in [0.25, 0.3) is 0 Å². The SMILES string of the molecule is COCCCNC(=O)[C@@H](CCSC)Nc1ccc2c(cc1=O)[C@H](NC(C)=O)CCc1cc(OC)c(OC)c(OC)c1-2. The Morgan fingerprint density at radius 2 is 1.83 bits per heavy atom. The summed E-state index contributed by atoms with van der Waals surface area (Å²) in [6.45, 7) is 2.48. The summed E-state index contributed by atoms with van der Waals surface area (Å²) in [5.41, 5.74) is 3.10. The van der Waals surface area contributed by atoms with Gasteiger partial charge in [-0.3, -0.25) is 14.4 Å². The van der Waals surface area contributed by atoms with Gasteiger partial charge in [-0.05, 0) is 72.6 Å². The molecule has 0 aromatic heterocycles. The number of ether oxygens (including phenoxy) is 4. The van der Waals surface area contributed by atoms with Gasteiger partial charge >= 0.3 is 0 Å². The summed E-state index contributed by atoms with van der Waals surface area (Å²) in [6.07, 6.45) is 4.37. The topological polar surface area (TPSA) is 124 Å². The molecule has 2 atom stereocenters. The van der Waals surface area contributed by atoms with Crippen molar-refractivity contribution in [2.24, 2.45) is 0 Å². The molecule has 11 heteroatoms. The van der Waals surface area contributed by atoms with Crippen LogP contribution in [0.5, 0.6) is 17.2 Å². The second kappa shape index (κ2) is 15.5. The normalized spacial score (nSPS) is 14.5. The molecule has 224 valence electrons. The number of rotatable bonds is 14. The fourth-order valence-electron chi connectivity index (χ4n) is 5.07. The Morgan fingerprint density at radius 1 is 1.07 bits per heavy atom. The lowest BCUT2D eigenvalue weighted by Gasteiger charge is -2.19. The summed E-state index contributed by atoms with van der Waals surface area (Å²) in [7, 11) is 6.29. The zero-order chi connectivity index (χ0) is 29.9. The van der Waals surface area contributed by atoms with Gasteiger partial charge in [0, 0.05) is 32.7 Å². The maximum absolute atomic E-state index is 13.7. The van der Waals surface area contributed by atoms with Crippen LogP contribution in [0.4, 0.5) is 5.69 Å². The first kappa shape index (κ1) is 32.1. The lowest BCUT2D eigenvalue weighted by Crippen LogP contribution is -2.41. The second-order valence-electron chi connectivity index (χ2n) is 9.71. The number of carbonyl (C=O) groups excluding carboxylic acids is 2. The number of benzene rings is 1. The fraction of sp³-hybridized carbons (Fsp3) is 0.500. The third-order valence-electron chi connectivity index (χ3n) is 7.00. The largest absolute Gasteiger partial charge is 0.493 e. The predicted octanol–water partition coefficient (Wildman–Crippen LogP) is 3.55. The minimum absolute atomic E-state index is 0.178. The van der Waals surface area contributed by atoms with Crippen LogP contribution in [0.2, 0.25) is 0 Å². The molecule has 3 rings (SSSR count). The van der Waals surface area contributed by atoms with E-state index in [0.29, 0.717) is 67.3 Å². The molecule has 0 aliphatic heterocycles. The molecule has 2 aromatic carbocycles. The molecule has 0 spiro atoms. The molecule has 1 aliphatic rings. The summed E-state index contributed by atoms with van der Waals surface area (Å²) in [4.78, 5) is 38.9. The van der Waals surface area contributed by atoms with E-state index >= 15 is 0 Å². The Kier molecular flexibility index (Phi) is 12.2. The molecule has 0 saturated heterocycles. The van der Waals surface area contributed by atoms with E-state index in [4.69, 9.17) is 18.9 Å². The van der Waals surface area contributed by atoms with Crippen molar-refractivity contribution in [3.63, 3.8) is 0 Å². The van der Waals surface area contributed by atoms with Gasteiger partial charge in [0.05, 0.1) is 33.1 Å². The first-order valence-electron chi connectivity index (χ1n) is 13.6. The molecule has 0 heterocycles. The molecule has 2 amide bonds. The highest BCUT2D eigenvalue weighted by molar-refractivity contribution is 7.98. The number of nitrogens with one attached hydrogen (secondary N) is 3. The van der Waals surface area contributed by atoms with Gasteiger partial charge in [-0.25, -0.2) is 0 Å². The number of carbonyl (C=O) groups is 2. The molecule has 41 heavy (non-hydrogen) atoms. The van der Waals surface area contributed by atoms with E-state index in [1.165, 1.54) is 6.92 Å². The lowest BCUT2D eigenvalue weighted by molar-refractivity contribution is -0.122. The molecule has 10 nitrogen and oxygen atoms in total. The highest BCUT2D eigenvalue weighted by atomic mass is 32.2. The average Bonchev–Trinajstić information content (AvgIpc) is 3.20. The third kappa shape index (κ3) is 7.85. The number of hydrogen-bond donors (Lipinski definition) is 3. The van der Waals surface area contributed by atoms with Crippen LogP contribution in [0.1, 0.15) is 43.4 Å². The first-order valence-corrected chi connectivity index (χ1v) is 15.0. The molecule has 3 N–H and O–H groups in total. The van der Waals surface area contributed by atoms with Gasteiger partial charge in [0.2, 0.25) is 23.0 Å². The van der Waals surface area contributed by atoms with Crippen LogP contribution < -0.4 is 35.6 Å². The van der Waals surface area contributed by atoms with E-state index in [-0.39, 0.29) is 17.2 Å². The Bertz CT molecular complexity index is 1290. The number of amides is 2. The summed E-state index contributed by atoms with van der Waals surface area (Å²) in [6, 6.07) is 5.98. The number of thioether (sulfide) groups is 1. The van der Waals surface area contributed by atoms with Crippen molar-refractivity contribution in [3.8, 4) is 28.4 Å². The maximum atomic E-state index is 13.7. The van der Waals surface area contributed by atoms with Crippen LogP contribution in [0.15, 0.2) is 29.1 Å². The maximum Gasteiger partial charge on any atom is 0.242 e. The summed E-state index contributed by atoms with van der Waals surface area (Å²) in [5, 5.41) is 9.14. The molecule has 1 aliphatic carbocycles. The minimum atomic E-state index is -0.600. The van der Waals surface area contributed by atoms with Crippen LogP contribution in [0, 0.1) is 0 Å². The van der Waals surface area contributed by atoms with Crippen molar-refractivity contribution >= 4 is 29.3 Å². The Hall–Kier alpha value is -3.44. The minimum Gasteiger partial charge on any atom is -0.493 e. The van der Waals surface area contributed by atoms with Gasteiger partial charge in [0.1, 0.15) is 6.04 Å². The quantitative estimate of drug-likeness (QED) is 0.285. The van der Waals surface area contributed by atoms with E-state index in [1.807, 2.05) is 18.4 Å². The molecule has 0 fully saturated rings. The van der Waals surface area contributed by atoms with Crippen LogP contribution in [-0.2, 0) is 20.7 Å². The van der Waals surface area contributed by atoms with Crippen LogP contribution in [0.25, 0.3) is 11.1 Å². The smallest absolute Gasteiger partial charge is 0.242 e. The number of aryl methyl sites for hydroxylation is 1. The van der Waals surface area contributed by atoms with Gasteiger partial charge < -0.3 is 34.9 Å². The average molecular weight is 588 g/mol. The van der Waals surface area contributed by atoms with Crippen molar-refractivity contribution < 1.29 is 28.5 Å². The molecular weight excluding hydrogens is 546 g/mol.